The Morgan fingerprint density at radius 2 is 1.41 bits per heavy atom. The molecule has 0 saturated heterocycles. The number of phenolic OH excluding ortho intramolecular Hbond substituents is 1. The molecule has 6 heteroatoms. The molecular weight excluding hydrogens is 484 g/mol. The molecule has 1 heterocycles. The predicted molar refractivity (Wildman–Crippen MR) is 159 cm³/mol. The summed E-state index contributed by atoms with van der Waals surface area (Å²) in [5.41, 5.74) is 5.17. The summed E-state index contributed by atoms with van der Waals surface area (Å²) < 4.78 is 3.96. The maximum Gasteiger partial charge on any atom is 0.210 e. The second-order valence-corrected chi connectivity index (χ2v) is 12.1. The zero-order valence-corrected chi connectivity index (χ0v) is 24.1. The summed E-state index contributed by atoms with van der Waals surface area (Å²) in [6.45, 7) is 13.1. The molecule has 0 unspecified atom stereocenters. The molecule has 0 aliphatic rings. The molecule has 1 aromatic heterocycles. The number of hydrogen-bond donors (Lipinski definition) is 2. The van der Waals surface area contributed by atoms with Crippen LogP contribution in [0.3, 0.4) is 0 Å². The van der Waals surface area contributed by atoms with Gasteiger partial charge in [0.15, 0.2) is 5.78 Å². The smallest absolute Gasteiger partial charge is 0.210 e. The van der Waals surface area contributed by atoms with E-state index in [1.807, 2.05) is 78.6 Å². The zero-order valence-electron chi connectivity index (χ0n) is 24.1. The van der Waals surface area contributed by atoms with Crippen LogP contribution in [0.4, 0.5) is 11.4 Å². The minimum Gasteiger partial charge on any atom is -0.507 e. The number of aromatic hydroxyl groups is 1. The molecule has 204 valence electrons. The van der Waals surface area contributed by atoms with Crippen molar-refractivity contribution in [2.24, 2.45) is 4.99 Å². The van der Waals surface area contributed by atoms with Crippen LogP contribution in [0.25, 0.3) is 0 Å². The van der Waals surface area contributed by atoms with Crippen LogP contribution in [0.5, 0.6) is 5.75 Å². The van der Waals surface area contributed by atoms with E-state index in [1.54, 1.807) is 0 Å². The van der Waals surface area contributed by atoms with Gasteiger partial charge in [-0.05, 0) is 52.8 Å². The molecule has 0 amide bonds. The molecule has 6 nitrogen and oxygen atoms in total. The van der Waals surface area contributed by atoms with Gasteiger partial charge in [-0.15, -0.1) is 0 Å². The summed E-state index contributed by atoms with van der Waals surface area (Å²) in [6, 6.07) is 21.8. The second-order valence-electron chi connectivity index (χ2n) is 12.1. The van der Waals surface area contributed by atoms with Crippen molar-refractivity contribution in [3.8, 4) is 5.75 Å². The van der Waals surface area contributed by atoms with Gasteiger partial charge in [-0.1, -0.05) is 71.9 Å². The number of carbonyl (C=O) groups excluding carboxylic acids is 1. The molecule has 4 rings (SSSR count). The van der Waals surface area contributed by atoms with Gasteiger partial charge in [0.05, 0.1) is 18.8 Å². The van der Waals surface area contributed by atoms with Crippen molar-refractivity contribution in [2.75, 3.05) is 12.4 Å². The molecule has 0 spiro atoms. The van der Waals surface area contributed by atoms with Crippen LogP contribution in [-0.2, 0) is 23.9 Å². The molecule has 0 aliphatic heterocycles. The summed E-state index contributed by atoms with van der Waals surface area (Å²) in [5.74, 6) is 0.240. The van der Waals surface area contributed by atoms with Gasteiger partial charge in [-0.25, -0.2) is 4.99 Å². The Balaban J connectivity index is 1.78. The number of aromatic nitrogens is 2. The molecule has 0 saturated carbocycles. The standard InChI is InChI=1S/C33H40N4O2/c1-32(2,3)27-19-24(20-28(30(27)39)33(4,5)6)29(38)22-37-18-17-36(21-23-11-9-8-10-12-23)31(37)35-26-15-13-25(34-7)14-16-26/h8-20,34,39H,21-22H2,1-7H3. The van der Waals surface area contributed by atoms with E-state index in [-0.39, 0.29) is 28.9 Å². The highest BCUT2D eigenvalue weighted by atomic mass is 16.3. The van der Waals surface area contributed by atoms with Crippen molar-refractivity contribution in [3.63, 3.8) is 0 Å². The summed E-state index contributed by atoms with van der Waals surface area (Å²) >= 11 is 0. The van der Waals surface area contributed by atoms with E-state index in [0.717, 1.165) is 28.1 Å². The van der Waals surface area contributed by atoms with Crippen LogP contribution >= 0.6 is 0 Å². The van der Waals surface area contributed by atoms with E-state index in [9.17, 15) is 9.90 Å². The summed E-state index contributed by atoms with van der Waals surface area (Å²) in [5, 5.41) is 14.2. The third-order valence-corrected chi connectivity index (χ3v) is 6.88. The zero-order chi connectivity index (χ0) is 28.4. The SMILES string of the molecule is CNc1ccc(N=c2n(CC(=O)c3cc(C(C)(C)C)c(O)c(C(C)(C)C)c3)ccn2Cc2ccccc2)cc1. The first kappa shape index (κ1) is 28.0. The number of rotatable bonds is 7. The first-order valence-electron chi connectivity index (χ1n) is 13.4. The number of hydrogen-bond acceptors (Lipinski definition) is 4. The van der Waals surface area contributed by atoms with Crippen molar-refractivity contribution < 1.29 is 9.90 Å². The summed E-state index contributed by atoms with van der Waals surface area (Å²) in [6.07, 6.45) is 3.89. The van der Waals surface area contributed by atoms with Gasteiger partial charge < -0.3 is 19.6 Å². The van der Waals surface area contributed by atoms with Crippen LogP contribution in [0, 0.1) is 0 Å². The van der Waals surface area contributed by atoms with Crippen molar-refractivity contribution in [3.05, 3.63) is 107 Å². The molecule has 0 aliphatic carbocycles. The largest absolute Gasteiger partial charge is 0.507 e. The normalized spacial score (nSPS) is 12.5. The number of anilines is 1. The quantitative estimate of drug-likeness (QED) is 0.261. The minimum atomic E-state index is -0.313. The number of imidazole rings is 1. The van der Waals surface area contributed by atoms with E-state index >= 15 is 0 Å². The summed E-state index contributed by atoms with van der Waals surface area (Å²) in [4.78, 5) is 18.7. The van der Waals surface area contributed by atoms with Crippen LogP contribution in [0.2, 0.25) is 0 Å². The Morgan fingerprint density at radius 3 is 1.95 bits per heavy atom. The number of nitrogens with zero attached hydrogens (tertiary/aromatic N) is 3. The maximum atomic E-state index is 13.8. The van der Waals surface area contributed by atoms with E-state index in [2.05, 4.69) is 63.6 Å². The Bertz CT molecular complexity index is 1480. The maximum absolute atomic E-state index is 13.8. The number of carbonyl (C=O) groups is 1. The van der Waals surface area contributed by atoms with E-state index in [4.69, 9.17) is 4.99 Å². The topological polar surface area (TPSA) is 71.6 Å². The monoisotopic (exact) mass is 524 g/mol. The van der Waals surface area contributed by atoms with Crippen LogP contribution < -0.4 is 10.9 Å². The number of phenols is 1. The number of nitrogens with one attached hydrogen (secondary N) is 1. The molecule has 0 radical (unpaired) electrons. The van der Waals surface area contributed by atoms with E-state index < -0.39 is 0 Å². The molecule has 39 heavy (non-hydrogen) atoms. The average molecular weight is 525 g/mol. The third kappa shape index (κ3) is 6.51. The first-order chi connectivity index (χ1) is 18.4. The Kier molecular flexibility index (Phi) is 7.86. The van der Waals surface area contributed by atoms with Gasteiger partial charge in [0, 0.05) is 41.8 Å². The van der Waals surface area contributed by atoms with Gasteiger partial charge in [-0.3, -0.25) is 4.79 Å². The van der Waals surface area contributed by atoms with E-state index in [0.29, 0.717) is 17.7 Å². The van der Waals surface area contributed by atoms with Gasteiger partial charge in [0.25, 0.3) is 0 Å². The Hall–Kier alpha value is -4.06. The van der Waals surface area contributed by atoms with Crippen molar-refractivity contribution in [1.82, 2.24) is 9.13 Å². The van der Waals surface area contributed by atoms with Gasteiger partial charge in [0.1, 0.15) is 5.75 Å². The fourth-order valence-corrected chi connectivity index (χ4v) is 4.62. The van der Waals surface area contributed by atoms with Gasteiger partial charge in [0.2, 0.25) is 5.62 Å². The molecule has 0 fully saturated rings. The van der Waals surface area contributed by atoms with Crippen LogP contribution in [0.1, 0.15) is 68.6 Å². The number of ketones is 1. The molecule has 2 N–H and O–H groups in total. The lowest BCUT2D eigenvalue weighted by molar-refractivity contribution is 0.0970. The van der Waals surface area contributed by atoms with Gasteiger partial charge >= 0.3 is 0 Å². The van der Waals surface area contributed by atoms with Crippen molar-refractivity contribution >= 4 is 17.2 Å². The average Bonchev–Trinajstić information content (AvgIpc) is 3.24. The van der Waals surface area contributed by atoms with Crippen LogP contribution in [-0.4, -0.2) is 27.1 Å². The Morgan fingerprint density at radius 1 is 0.846 bits per heavy atom. The van der Waals surface area contributed by atoms with Crippen molar-refractivity contribution in [2.45, 2.75) is 65.5 Å². The highest BCUT2D eigenvalue weighted by Crippen LogP contribution is 2.39. The Labute approximate surface area is 231 Å². The highest BCUT2D eigenvalue weighted by molar-refractivity contribution is 5.96. The second kappa shape index (κ2) is 11.0. The van der Waals surface area contributed by atoms with Crippen LogP contribution in [0.15, 0.2) is 84.1 Å². The summed E-state index contributed by atoms with van der Waals surface area (Å²) in [7, 11) is 1.89. The first-order valence-corrected chi connectivity index (χ1v) is 13.4. The van der Waals surface area contributed by atoms with Crippen molar-refractivity contribution in [1.29, 1.82) is 0 Å². The molecule has 0 bridgehead atoms. The highest BCUT2D eigenvalue weighted by Gasteiger charge is 2.28. The van der Waals surface area contributed by atoms with E-state index in [1.165, 1.54) is 0 Å². The number of benzene rings is 3. The fraction of sp³-hybridized carbons (Fsp3) is 0.333. The molecular formula is C33H40N4O2. The lowest BCUT2D eigenvalue weighted by Gasteiger charge is -2.28. The third-order valence-electron chi connectivity index (χ3n) is 6.88. The molecule has 4 aromatic rings. The van der Waals surface area contributed by atoms with Gasteiger partial charge in [-0.2, -0.15) is 0 Å². The fourth-order valence-electron chi connectivity index (χ4n) is 4.62. The lowest BCUT2D eigenvalue weighted by atomic mass is 9.78. The minimum absolute atomic E-state index is 0.0320. The molecule has 0 atom stereocenters. The molecule has 3 aromatic carbocycles. The predicted octanol–water partition coefficient (Wildman–Crippen LogP) is 6.80. The number of Topliss-reactive ketones (excluding diaryl/α,β-unsaturated/α-hetero) is 1. The lowest BCUT2D eigenvalue weighted by Crippen LogP contribution is -2.29.